The van der Waals surface area contributed by atoms with E-state index in [9.17, 15) is 0 Å². The Morgan fingerprint density at radius 1 is 1.67 bits per heavy atom. The largest absolute Gasteiger partial charge is 0.373 e. The SMILES string of the molecule is CC1(C)CNCC(COCC(Cl)=CCl)O1. The van der Waals surface area contributed by atoms with Crippen molar-refractivity contribution >= 4 is 23.2 Å². The van der Waals surface area contributed by atoms with Crippen LogP contribution in [-0.2, 0) is 9.47 Å². The molecule has 1 atom stereocenters. The monoisotopic (exact) mass is 253 g/mol. The molecular weight excluding hydrogens is 237 g/mol. The van der Waals surface area contributed by atoms with Gasteiger partial charge in [-0.2, -0.15) is 0 Å². The van der Waals surface area contributed by atoms with E-state index in [1.54, 1.807) is 0 Å². The first kappa shape index (κ1) is 13.3. The van der Waals surface area contributed by atoms with Crippen LogP contribution in [0.25, 0.3) is 0 Å². The summed E-state index contributed by atoms with van der Waals surface area (Å²) in [6.45, 7) is 6.65. The van der Waals surface area contributed by atoms with Crippen LogP contribution in [0, 0.1) is 0 Å². The van der Waals surface area contributed by atoms with Crippen LogP contribution >= 0.6 is 23.2 Å². The first-order chi connectivity index (χ1) is 7.03. The summed E-state index contributed by atoms with van der Waals surface area (Å²) in [7, 11) is 0. The highest BCUT2D eigenvalue weighted by Gasteiger charge is 2.28. The molecule has 1 aliphatic heterocycles. The van der Waals surface area contributed by atoms with Crippen LogP contribution in [0.4, 0.5) is 0 Å². The maximum Gasteiger partial charge on any atom is 0.0940 e. The topological polar surface area (TPSA) is 30.5 Å². The number of hydrogen-bond acceptors (Lipinski definition) is 3. The smallest absolute Gasteiger partial charge is 0.0940 e. The van der Waals surface area contributed by atoms with E-state index < -0.39 is 0 Å². The molecule has 1 unspecified atom stereocenters. The van der Waals surface area contributed by atoms with Gasteiger partial charge in [0.15, 0.2) is 0 Å². The van der Waals surface area contributed by atoms with Crippen LogP contribution in [0.15, 0.2) is 10.6 Å². The first-order valence-electron chi connectivity index (χ1n) is 4.94. The van der Waals surface area contributed by atoms with Gasteiger partial charge in [-0.1, -0.05) is 23.2 Å². The maximum absolute atomic E-state index is 5.81. The van der Waals surface area contributed by atoms with E-state index in [1.807, 2.05) is 0 Å². The average Bonchev–Trinajstić information content (AvgIpc) is 2.16. The number of hydrogen-bond donors (Lipinski definition) is 1. The molecule has 0 spiro atoms. The van der Waals surface area contributed by atoms with E-state index in [-0.39, 0.29) is 11.7 Å². The number of morpholine rings is 1. The van der Waals surface area contributed by atoms with Gasteiger partial charge < -0.3 is 14.8 Å². The molecule has 1 aliphatic rings. The van der Waals surface area contributed by atoms with Crippen LogP contribution in [0.3, 0.4) is 0 Å². The summed E-state index contributed by atoms with van der Waals surface area (Å²) in [6, 6.07) is 0. The van der Waals surface area contributed by atoms with Crippen LogP contribution in [0.2, 0.25) is 0 Å². The third kappa shape index (κ3) is 5.18. The molecule has 0 saturated carbocycles. The molecule has 0 bridgehead atoms. The van der Waals surface area contributed by atoms with Crippen molar-refractivity contribution < 1.29 is 9.47 Å². The van der Waals surface area contributed by atoms with Crippen molar-refractivity contribution in [2.45, 2.75) is 25.6 Å². The van der Waals surface area contributed by atoms with Gasteiger partial charge in [-0.3, -0.25) is 0 Å². The molecule has 3 nitrogen and oxygen atoms in total. The third-order valence-electron chi connectivity index (χ3n) is 2.07. The number of halogens is 2. The Hall–Kier alpha value is 0.200. The van der Waals surface area contributed by atoms with Gasteiger partial charge >= 0.3 is 0 Å². The van der Waals surface area contributed by atoms with E-state index >= 15 is 0 Å². The summed E-state index contributed by atoms with van der Waals surface area (Å²) in [4.78, 5) is 0. The molecule has 0 radical (unpaired) electrons. The van der Waals surface area contributed by atoms with E-state index in [0.717, 1.165) is 13.1 Å². The van der Waals surface area contributed by atoms with Crippen LogP contribution in [0.5, 0.6) is 0 Å². The van der Waals surface area contributed by atoms with Crippen LogP contribution in [0.1, 0.15) is 13.8 Å². The standard InChI is InChI=1S/C10H17Cl2NO2/c1-10(2)7-13-4-9(15-10)6-14-5-8(12)3-11/h3,9,13H,4-7H2,1-2H3. The predicted molar refractivity (Wildman–Crippen MR) is 62.4 cm³/mol. The normalized spacial score (nSPS) is 26.7. The molecule has 0 aliphatic carbocycles. The summed E-state index contributed by atoms with van der Waals surface area (Å²) in [5.41, 5.74) is 1.18. The lowest BCUT2D eigenvalue weighted by Crippen LogP contribution is -2.51. The van der Waals surface area contributed by atoms with Gasteiger partial charge in [-0.05, 0) is 13.8 Å². The highest BCUT2D eigenvalue weighted by Crippen LogP contribution is 2.15. The summed E-state index contributed by atoms with van der Waals surface area (Å²) in [6.07, 6.45) is 0.0774. The van der Waals surface area contributed by atoms with Crippen molar-refractivity contribution in [2.24, 2.45) is 0 Å². The van der Waals surface area contributed by atoms with Gasteiger partial charge in [-0.15, -0.1) is 0 Å². The molecule has 1 rings (SSSR count). The Bertz CT molecular complexity index is 231. The van der Waals surface area contributed by atoms with Crippen LogP contribution in [-0.4, -0.2) is 38.0 Å². The highest BCUT2D eigenvalue weighted by molar-refractivity contribution is 6.36. The molecule has 0 aromatic carbocycles. The van der Waals surface area contributed by atoms with Crippen molar-refractivity contribution in [3.8, 4) is 0 Å². The number of rotatable bonds is 4. The Balaban J connectivity index is 2.21. The number of ether oxygens (including phenoxy) is 2. The minimum atomic E-state index is -0.127. The lowest BCUT2D eigenvalue weighted by atomic mass is 10.1. The fraction of sp³-hybridized carbons (Fsp3) is 0.800. The van der Waals surface area contributed by atoms with E-state index in [2.05, 4.69) is 19.2 Å². The van der Waals surface area contributed by atoms with Crippen molar-refractivity contribution in [3.63, 3.8) is 0 Å². The van der Waals surface area contributed by atoms with Crippen molar-refractivity contribution in [2.75, 3.05) is 26.3 Å². The lowest BCUT2D eigenvalue weighted by Gasteiger charge is -2.36. The number of nitrogens with one attached hydrogen (secondary N) is 1. The predicted octanol–water partition coefficient (Wildman–Crippen LogP) is 2.09. The van der Waals surface area contributed by atoms with Gasteiger partial charge in [-0.25, -0.2) is 0 Å². The van der Waals surface area contributed by atoms with Gasteiger partial charge in [0.2, 0.25) is 0 Å². The van der Waals surface area contributed by atoms with E-state index in [4.69, 9.17) is 32.7 Å². The molecule has 1 N–H and O–H groups in total. The Morgan fingerprint density at radius 2 is 2.40 bits per heavy atom. The van der Waals surface area contributed by atoms with E-state index in [1.165, 1.54) is 5.54 Å². The second-order valence-electron chi connectivity index (χ2n) is 4.20. The maximum atomic E-state index is 5.81. The molecule has 1 fully saturated rings. The second kappa shape index (κ2) is 6.06. The zero-order chi connectivity index (χ0) is 11.3. The summed E-state index contributed by atoms with van der Waals surface area (Å²) < 4.78 is 11.2. The van der Waals surface area contributed by atoms with Crippen LogP contribution < -0.4 is 5.32 Å². The zero-order valence-electron chi connectivity index (χ0n) is 9.06. The Morgan fingerprint density at radius 3 is 3.00 bits per heavy atom. The van der Waals surface area contributed by atoms with Gasteiger partial charge in [0.1, 0.15) is 0 Å². The zero-order valence-corrected chi connectivity index (χ0v) is 10.6. The molecule has 88 valence electrons. The highest BCUT2D eigenvalue weighted by atomic mass is 35.5. The second-order valence-corrected chi connectivity index (χ2v) is 4.91. The van der Waals surface area contributed by atoms with Gasteiger partial charge in [0.05, 0.1) is 30.0 Å². The lowest BCUT2D eigenvalue weighted by molar-refractivity contribution is -0.118. The first-order valence-corrected chi connectivity index (χ1v) is 5.76. The van der Waals surface area contributed by atoms with Crippen molar-refractivity contribution in [1.82, 2.24) is 5.32 Å². The summed E-state index contributed by atoms with van der Waals surface area (Å²) >= 11 is 11.1. The summed E-state index contributed by atoms with van der Waals surface area (Å²) in [5.74, 6) is 0. The van der Waals surface area contributed by atoms with Gasteiger partial charge in [0, 0.05) is 18.6 Å². The quantitative estimate of drug-likeness (QED) is 0.833. The minimum absolute atomic E-state index is 0.0774. The minimum Gasteiger partial charge on any atom is -0.373 e. The van der Waals surface area contributed by atoms with Gasteiger partial charge in [0.25, 0.3) is 0 Å². The third-order valence-corrected chi connectivity index (χ3v) is 2.66. The van der Waals surface area contributed by atoms with E-state index in [0.29, 0.717) is 18.2 Å². The molecule has 15 heavy (non-hydrogen) atoms. The average molecular weight is 254 g/mol. The molecule has 0 amide bonds. The Kier molecular flexibility index (Phi) is 5.36. The molecule has 5 heteroatoms. The van der Waals surface area contributed by atoms with Crippen molar-refractivity contribution in [3.05, 3.63) is 10.6 Å². The fourth-order valence-corrected chi connectivity index (χ4v) is 1.62. The molecule has 0 aromatic rings. The molecule has 0 aromatic heterocycles. The van der Waals surface area contributed by atoms with Crippen molar-refractivity contribution in [1.29, 1.82) is 0 Å². The molecule has 1 heterocycles. The Labute approximate surface area is 101 Å². The fourth-order valence-electron chi connectivity index (χ4n) is 1.48. The molecular formula is C10H17Cl2NO2. The summed E-state index contributed by atoms with van der Waals surface area (Å²) in [5, 5.41) is 3.80. The molecule has 1 saturated heterocycles.